The van der Waals surface area contributed by atoms with Crippen molar-refractivity contribution in [2.24, 2.45) is 0 Å². The van der Waals surface area contributed by atoms with Gasteiger partial charge >= 0.3 is 0 Å². The molecule has 7 heteroatoms. The van der Waals surface area contributed by atoms with Crippen molar-refractivity contribution in [1.29, 1.82) is 0 Å². The van der Waals surface area contributed by atoms with E-state index >= 15 is 0 Å². The molecule has 0 spiro atoms. The van der Waals surface area contributed by atoms with Gasteiger partial charge in [-0.2, -0.15) is 4.31 Å². The quantitative estimate of drug-likeness (QED) is 0.797. The molecule has 0 atom stereocenters. The number of sulfonamides is 1. The standard InChI is InChI=1S/C14H29N3O3S/c1-13(2)11-17(12-14(3,4)20-13)21(18,19)10-9-16-7-5-15-6-8-16/h15H,5-12H2,1-4H3. The van der Waals surface area contributed by atoms with Gasteiger partial charge in [0.2, 0.25) is 10.0 Å². The summed E-state index contributed by atoms with van der Waals surface area (Å²) in [7, 11) is -3.23. The molecule has 2 fully saturated rings. The fourth-order valence-electron chi connectivity index (χ4n) is 3.22. The van der Waals surface area contributed by atoms with Gasteiger partial charge in [0.05, 0.1) is 17.0 Å². The molecule has 0 radical (unpaired) electrons. The number of nitrogens with zero attached hydrogens (tertiary/aromatic N) is 2. The number of rotatable bonds is 4. The summed E-state index contributed by atoms with van der Waals surface area (Å²) in [6.45, 7) is 13.0. The van der Waals surface area contributed by atoms with Gasteiger partial charge in [0.25, 0.3) is 0 Å². The normalized spacial score (nSPS) is 27.6. The molecule has 0 aliphatic carbocycles. The lowest BCUT2D eigenvalue weighted by atomic mass is 10.0. The van der Waals surface area contributed by atoms with Crippen molar-refractivity contribution in [3.63, 3.8) is 0 Å². The van der Waals surface area contributed by atoms with E-state index in [2.05, 4.69) is 10.2 Å². The Balaban J connectivity index is 1.97. The van der Waals surface area contributed by atoms with Crippen LogP contribution in [0.3, 0.4) is 0 Å². The monoisotopic (exact) mass is 319 g/mol. The molecule has 0 saturated carbocycles. The molecule has 1 N–H and O–H groups in total. The molecular formula is C14H29N3O3S. The number of piperazine rings is 1. The highest BCUT2D eigenvalue weighted by atomic mass is 32.2. The molecular weight excluding hydrogens is 290 g/mol. The van der Waals surface area contributed by atoms with Crippen molar-refractivity contribution in [1.82, 2.24) is 14.5 Å². The first-order valence-electron chi connectivity index (χ1n) is 7.71. The average Bonchev–Trinajstić information content (AvgIpc) is 2.34. The molecule has 21 heavy (non-hydrogen) atoms. The summed E-state index contributed by atoms with van der Waals surface area (Å²) in [5.41, 5.74) is -0.881. The molecule has 0 amide bonds. The molecule has 2 heterocycles. The van der Waals surface area contributed by atoms with Gasteiger partial charge in [-0.25, -0.2) is 8.42 Å². The third-order valence-electron chi connectivity index (χ3n) is 3.94. The molecule has 2 rings (SSSR count). The van der Waals surface area contributed by atoms with E-state index in [9.17, 15) is 8.42 Å². The van der Waals surface area contributed by atoms with Gasteiger partial charge < -0.3 is 10.1 Å². The molecule has 2 aliphatic rings. The van der Waals surface area contributed by atoms with E-state index in [4.69, 9.17) is 4.74 Å². The smallest absolute Gasteiger partial charge is 0.215 e. The van der Waals surface area contributed by atoms with Crippen molar-refractivity contribution >= 4 is 10.0 Å². The highest BCUT2D eigenvalue weighted by Crippen LogP contribution is 2.29. The highest BCUT2D eigenvalue weighted by Gasteiger charge is 2.42. The van der Waals surface area contributed by atoms with Gasteiger partial charge in [0.15, 0.2) is 0 Å². The Labute approximate surface area is 128 Å². The largest absolute Gasteiger partial charge is 0.367 e. The lowest BCUT2D eigenvalue weighted by Gasteiger charge is -2.46. The second-order valence-corrected chi connectivity index (χ2v) is 9.39. The summed E-state index contributed by atoms with van der Waals surface area (Å²) in [4.78, 5) is 2.21. The average molecular weight is 319 g/mol. The van der Waals surface area contributed by atoms with E-state index in [1.54, 1.807) is 4.31 Å². The van der Waals surface area contributed by atoms with E-state index in [0.717, 1.165) is 26.2 Å². The number of morpholine rings is 1. The number of nitrogens with one attached hydrogen (secondary N) is 1. The summed E-state index contributed by atoms with van der Waals surface area (Å²) >= 11 is 0. The lowest BCUT2D eigenvalue weighted by molar-refractivity contribution is -0.163. The van der Waals surface area contributed by atoms with E-state index in [1.165, 1.54) is 0 Å². The van der Waals surface area contributed by atoms with E-state index < -0.39 is 21.2 Å². The fraction of sp³-hybridized carbons (Fsp3) is 1.00. The minimum Gasteiger partial charge on any atom is -0.367 e. The number of ether oxygens (including phenoxy) is 1. The van der Waals surface area contributed by atoms with E-state index in [1.807, 2.05) is 27.7 Å². The topological polar surface area (TPSA) is 61.9 Å². The Morgan fingerprint density at radius 3 is 2.10 bits per heavy atom. The summed E-state index contributed by atoms with van der Waals surface area (Å²) < 4.78 is 32.8. The van der Waals surface area contributed by atoms with Gasteiger partial charge in [-0.1, -0.05) is 0 Å². The Morgan fingerprint density at radius 1 is 1.05 bits per heavy atom. The molecule has 124 valence electrons. The van der Waals surface area contributed by atoms with Crippen LogP contribution in [-0.2, 0) is 14.8 Å². The van der Waals surface area contributed by atoms with Crippen LogP contribution in [0.2, 0.25) is 0 Å². The summed E-state index contributed by atoms with van der Waals surface area (Å²) in [5.74, 6) is 0.194. The molecule has 2 saturated heterocycles. The summed E-state index contributed by atoms with van der Waals surface area (Å²) in [6, 6.07) is 0. The predicted molar refractivity (Wildman–Crippen MR) is 83.9 cm³/mol. The van der Waals surface area contributed by atoms with Gasteiger partial charge in [0.1, 0.15) is 0 Å². The Hall–Kier alpha value is -0.210. The Morgan fingerprint density at radius 2 is 1.57 bits per heavy atom. The van der Waals surface area contributed by atoms with Gasteiger partial charge in [0, 0.05) is 45.8 Å². The minimum absolute atomic E-state index is 0.194. The van der Waals surface area contributed by atoms with Crippen LogP contribution in [0.5, 0.6) is 0 Å². The first-order chi connectivity index (χ1) is 9.60. The van der Waals surface area contributed by atoms with Crippen LogP contribution in [0.25, 0.3) is 0 Å². The van der Waals surface area contributed by atoms with Crippen LogP contribution in [0, 0.1) is 0 Å². The zero-order chi connectivity index (χ0) is 15.7. The zero-order valence-corrected chi connectivity index (χ0v) is 14.5. The van der Waals surface area contributed by atoms with Crippen molar-refractivity contribution in [3.05, 3.63) is 0 Å². The van der Waals surface area contributed by atoms with Crippen LogP contribution in [0.15, 0.2) is 0 Å². The van der Waals surface area contributed by atoms with Crippen LogP contribution < -0.4 is 5.32 Å². The van der Waals surface area contributed by atoms with Crippen LogP contribution in [-0.4, -0.2) is 80.4 Å². The van der Waals surface area contributed by atoms with Gasteiger partial charge in [-0.15, -0.1) is 0 Å². The Bertz CT molecular complexity index is 440. The molecule has 0 bridgehead atoms. The van der Waals surface area contributed by atoms with E-state index in [0.29, 0.717) is 19.6 Å². The maximum Gasteiger partial charge on any atom is 0.215 e. The second kappa shape index (κ2) is 6.12. The van der Waals surface area contributed by atoms with Crippen molar-refractivity contribution in [2.75, 3.05) is 51.6 Å². The number of hydrogen-bond donors (Lipinski definition) is 1. The first kappa shape index (κ1) is 17.1. The minimum atomic E-state index is -3.23. The van der Waals surface area contributed by atoms with E-state index in [-0.39, 0.29) is 5.75 Å². The first-order valence-corrected chi connectivity index (χ1v) is 9.32. The molecule has 0 aromatic rings. The maximum absolute atomic E-state index is 12.6. The van der Waals surface area contributed by atoms with Crippen molar-refractivity contribution in [3.8, 4) is 0 Å². The van der Waals surface area contributed by atoms with Crippen molar-refractivity contribution in [2.45, 2.75) is 38.9 Å². The molecule has 6 nitrogen and oxygen atoms in total. The molecule has 0 aromatic heterocycles. The molecule has 2 aliphatic heterocycles. The highest BCUT2D eigenvalue weighted by molar-refractivity contribution is 7.89. The Kier molecular flexibility index (Phi) is 5.00. The SMILES string of the molecule is CC1(C)CN(S(=O)(=O)CCN2CCNCC2)CC(C)(C)O1. The lowest BCUT2D eigenvalue weighted by Crippen LogP contribution is -2.59. The van der Waals surface area contributed by atoms with Crippen LogP contribution in [0.4, 0.5) is 0 Å². The van der Waals surface area contributed by atoms with Gasteiger partial charge in [-0.3, -0.25) is 4.90 Å². The fourth-order valence-corrected chi connectivity index (χ4v) is 4.99. The number of hydrogen-bond acceptors (Lipinski definition) is 5. The summed E-state index contributed by atoms with van der Waals surface area (Å²) in [5, 5.41) is 3.28. The summed E-state index contributed by atoms with van der Waals surface area (Å²) in [6.07, 6.45) is 0. The second-order valence-electron chi connectivity index (χ2n) is 7.30. The zero-order valence-electron chi connectivity index (χ0n) is 13.7. The van der Waals surface area contributed by atoms with Crippen LogP contribution in [0.1, 0.15) is 27.7 Å². The predicted octanol–water partition coefficient (Wildman–Crippen LogP) is 0.111. The maximum atomic E-state index is 12.6. The van der Waals surface area contributed by atoms with Crippen molar-refractivity contribution < 1.29 is 13.2 Å². The molecule has 0 aromatic carbocycles. The third-order valence-corrected chi connectivity index (χ3v) is 5.68. The van der Waals surface area contributed by atoms with Gasteiger partial charge in [-0.05, 0) is 27.7 Å². The third kappa shape index (κ3) is 4.89. The van der Waals surface area contributed by atoms with Crippen LogP contribution >= 0.6 is 0 Å². The molecule has 0 unspecified atom stereocenters.